The molecule has 0 atom stereocenters. The molecule has 0 radical (unpaired) electrons. The van der Waals surface area contributed by atoms with Crippen LogP contribution in [-0.4, -0.2) is 0 Å². The lowest BCUT2D eigenvalue weighted by atomic mass is 10.2. The van der Waals surface area contributed by atoms with Crippen LogP contribution in [0.1, 0.15) is 11.1 Å². The van der Waals surface area contributed by atoms with Crippen LogP contribution in [0.25, 0.3) is 0 Å². The molecule has 2 aromatic rings. The lowest BCUT2D eigenvalue weighted by Gasteiger charge is -2.11. The molecule has 0 aliphatic heterocycles. The van der Waals surface area contributed by atoms with E-state index in [1.54, 1.807) is 0 Å². The fourth-order valence-electron chi connectivity index (χ4n) is 1.58. The molecule has 0 spiro atoms. The third kappa shape index (κ3) is 4.56. The molecular formula is C14H6F8S2. The summed E-state index contributed by atoms with van der Waals surface area (Å²) in [6.07, 6.45) is -9.40. The summed E-state index contributed by atoms with van der Waals surface area (Å²) in [5, 5.41) is 0. The normalized spacial score (nSPS) is 12.5. The zero-order valence-electron chi connectivity index (χ0n) is 11.3. The number of hydrogen-bond donors (Lipinski definition) is 0. The number of benzene rings is 2. The first-order valence-electron chi connectivity index (χ1n) is 6.06. The van der Waals surface area contributed by atoms with Gasteiger partial charge in [0, 0.05) is 0 Å². The summed E-state index contributed by atoms with van der Waals surface area (Å²) in [6, 6.07) is 3.28. The summed E-state index contributed by atoms with van der Waals surface area (Å²) < 4.78 is 103. The van der Waals surface area contributed by atoms with Crippen molar-refractivity contribution in [1.29, 1.82) is 0 Å². The van der Waals surface area contributed by atoms with Crippen LogP contribution in [0.4, 0.5) is 35.1 Å². The molecule has 0 saturated carbocycles. The Bertz CT molecular complexity index is 673. The van der Waals surface area contributed by atoms with Crippen LogP contribution in [0.2, 0.25) is 0 Å². The molecule has 0 nitrogen and oxygen atoms in total. The smallest absolute Gasteiger partial charge is 0.206 e. The Morgan fingerprint density at radius 1 is 0.583 bits per heavy atom. The first-order valence-corrected chi connectivity index (χ1v) is 8.21. The lowest BCUT2D eigenvalue weighted by Crippen LogP contribution is -2.05. The van der Waals surface area contributed by atoms with Crippen molar-refractivity contribution in [2.75, 3.05) is 0 Å². The van der Waals surface area contributed by atoms with Gasteiger partial charge in [0.15, 0.2) is 0 Å². The topological polar surface area (TPSA) is 0 Å². The van der Waals surface area contributed by atoms with Gasteiger partial charge in [-0.1, -0.05) is 0 Å². The van der Waals surface area contributed by atoms with Crippen molar-refractivity contribution in [1.82, 2.24) is 0 Å². The second-order valence-corrected chi connectivity index (χ2v) is 6.67. The highest BCUT2D eigenvalue weighted by atomic mass is 33.1. The van der Waals surface area contributed by atoms with E-state index in [0.717, 1.165) is 0 Å². The van der Waals surface area contributed by atoms with Crippen molar-refractivity contribution < 1.29 is 35.1 Å². The maximum absolute atomic E-state index is 13.6. The molecule has 0 amide bonds. The van der Waals surface area contributed by atoms with E-state index in [9.17, 15) is 35.1 Å². The van der Waals surface area contributed by atoms with Crippen molar-refractivity contribution in [3.05, 3.63) is 59.2 Å². The Labute approximate surface area is 138 Å². The van der Waals surface area contributed by atoms with Crippen LogP contribution >= 0.6 is 21.6 Å². The van der Waals surface area contributed by atoms with E-state index in [0.29, 0.717) is 58.0 Å². The average Bonchev–Trinajstić information content (AvgIpc) is 2.45. The number of alkyl halides is 6. The van der Waals surface area contributed by atoms with E-state index < -0.39 is 44.9 Å². The highest BCUT2D eigenvalue weighted by Gasteiger charge is 2.32. The maximum Gasteiger partial charge on any atom is 0.416 e. The molecule has 0 aromatic heterocycles. The van der Waals surface area contributed by atoms with Crippen LogP contribution in [0.5, 0.6) is 0 Å². The van der Waals surface area contributed by atoms with Gasteiger partial charge in [0.1, 0.15) is 11.6 Å². The quantitative estimate of drug-likeness (QED) is 0.417. The molecule has 0 heterocycles. The van der Waals surface area contributed by atoms with E-state index >= 15 is 0 Å². The predicted octanol–water partition coefficient (Wildman–Crippen LogP) is 6.80. The summed E-state index contributed by atoms with van der Waals surface area (Å²) in [5.41, 5.74) is -2.23. The van der Waals surface area contributed by atoms with Gasteiger partial charge in [-0.25, -0.2) is 8.78 Å². The zero-order valence-corrected chi connectivity index (χ0v) is 12.9. The summed E-state index contributed by atoms with van der Waals surface area (Å²) in [4.78, 5) is -0.932. The highest BCUT2D eigenvalue weighted by molar-refractivity contribution is 8.76. The van der Waals surface area contributed by atoms with Crippen LogP contribution < -0.4 is 0 Å². The van der Waals surface area contributed by atoms with Crippen molar-refractivity contribution in [2.24, 2.45) is 0 Å². The Kier molecular flexibility index (Phi) is 5.38. The van der Waals surface area contributed by atoms with Crippen LogP contribution in [0.3, 0.4) is 0 Å². The van der Waals surface area contributed by atoms with Crippen LogP contribution in [0.15, 0.2) is 46.2 Å². The molecule has 0 unspecified atom stereocenters. The minimum atomic E-state index is -4.70. The largest absolute Gasteiger partial charge is 0.416 e. The van der Waals surface area contributed by atoms with Gasteiger partial charge >= 0.3 is 12.4 Å². The second-order valence-electron chi connectivity index (χ2n) is 4.45. The lowest BCUT2D eigenvalue weighted by molar-refractivity contribution is -0.138. The fraction of sp³-hybridized carbons (Fsp3) is 0.143. The highest BCUT2D eigenvalue weighted by Crippen LogP contribution is 2.43. The van der Waals surface area contributed by atoms with Crippen molar-refractivity contribution >= 4 is 21.6 Å². The molecule has 10 heteroatoms. The molecule has 0 aliphatic carbocycles. The van der Waals surface area contributed by atoms with E-state index in [2.05, 4.69) is 0 Å². The van der Waals surface area contributed by atoms with Gasteiger partial charge in [-0.2, -0.15) is 26.3 Å². The Balaban J connectivity index is 2.25. The first-order chi connectivity index (χ1) is 11.0. The van der Waals surface area contributed by atoms with Crippen molar-refractivity contribution in [3.8, 4) is 0 Å². The Morgan fingerprint density at radius 3 is 1.21 bits per heavy atom. The molecule has 130 valence electrons. The molecule has 2 rings (SSSR count). The SMILES string of the molecule is Fc1ccc(C(F)(F)F)cc1SSc1cc(C(F)(F)F)ccc1F. The minimum absolute atomic E-state index is 0.398. The standard InChI is InChI=1S/C14H6F8S2/c15-9-3-1-7(13(17,18)19)5-11(9)23-24-12-6-8(14(20,21)22)2-4-10(12)16/h1-6H. The predicted molar refractivity (Wildman–Crippen MR) is 74.5 cm³/mol. The minimum Gasteiger partial charge on any atom is -0.206 e. The molecule has 0 aliphatic rings. The van der Waals surface area contributed by atoms with Gasteiger partial charge < -0.3 is 0 Å². The molecule has 24 heavy (non-hydrogen) atoms. The fourth-order valence-corrected chi connectivity index (χ4v) is 3.71. The summed E-state index contributed by atoms with van der Waals surface area (Å²) in [7, 11) is 0.796. The maximum atomic E-state index is 13.6. The summed E-state index contributed by atoms with van der Waals surface area (Å²) >= 11 is 0. The Morgan fingerprint density at radius 2 is 0.917 bits per heavy atom. The third-order valence-corrected chi connectivity index (χ3v) is 5.13. The van der Waals surface area contributed by atoms with E-state index in [4.69, 9.17) is 0 Å². The zero-order chi connectivity index (χ0) is 18.1. The van der Waals surface area contributed by atoms with Crippen molar-refractivity contribution in [2.45, 2.75) is 22.1 Å². The monoisotopic (exact) mass is 390 g/mol. The number of rotatable bonds is 3. The molecule has 2 aromatic carbocycles. The number of hydrogen-bond acceptors (Lipinski definition) is 2. The van der Waals surface area contributed by atoms with Gasteiger partial charge in [0.2, 0.25) is 0 Å². The van der Waals surface area contributed by atoms with Crippen LogP contribution in [0, 0.1) is 11.6 Å². The second kappa shape index (κ2) is 6.83. The van der Waals surface area contributed by atoms with E-state index in [1.165, 1.54) is 0 Å². The molecular weight excluding hydrogens is 384 g/mol. The van der Waals surface area contributed by atoms with Gasteiger partial charge in [-0.3, -0.25) is 0 Å². The van der Waals surface area contributed by atoms with Gasteiger partial charge in [0.05, 0.1) is 20.9 Å². The summed E-state index contributed by atoms with van der Waals surface area (Å²) in [6.45, 7) is 0. The average molecular weight is 390 g/mol. The van der Waals surface area contributed by atoms with Crippen molar-refractivity contribution in [3.63, 3.8) is 0 Å². The Hall–Kier alpha value is -1.42. The first kappa shape index (κ1) is 18.9. The molecule has 0 saturated heterocycles. The van der Waals surface area contributed by atoms with E-state index in [1.807, 2.05) is 0 Å². The number of halogens is 8. The molecule has 0 bridgehead atoms. The van der Waals surface area contributed by atoms with Gasteiger partial charge in [-0.15, -0.1) is 0 Å². The molecule has 0 N–H and O–H groups in total. The third-order valence-electron chi connectivity index (χ3n) is 2.74. The van der Waals surface area contributed by atoms with Crippen LogP contribution in [-0.2, 0) is 12.4 Å². The molecule has 0 fully saturated rings. The van der Waals surface area contributed by atoms with Gasteiger partial charge in [-0.05, 0) is 58.0 Å². The van der Waals surface area contributed by atoms with Gasteiger partial charge in [0.25, 0.3) is 0 Å². The summed E-state index contributed by atoms with van der Waals surface area (Å²) in [5.74, 6) is -1.99. The van der Waals surface area contributed by atoms with E-state index in [-0.39, 0.29) is 0 Å².